The summed E-state index contributed by atoms with van der Waals surface area (Å²) >= 11 is 1.71. The summed E-state index contributed by atoms with van der Waals surface area (Å²) in [7, 11) is 0. The van der Waals surface area contributed by atoms with Crippen LogP contribution in [0, 0.1) is 0 Å². The van der Waals surface area contributed by atoms with E-state index in [0.29, 0.717) is 12.2 Å². The molecule has 2 rings (SSSR count). The molecule has 82 valence electrons. The van der Waals surface area contributed by atoms with Crippen molar-refractivity contribution in [3.63, 3.8) is 0 Å². The highest BCUT2D eigenvalue weighted by Crippen LogP contribution is 2.36. The molecule has 0 aliphatic carbocycles. The minimum atomic E-state index is -0.940. The standard InChI is InChI=1S/C12H16O2S/c13-11(10-5-2-1-3-6-10)12(14)7-4-8-15-9-12/h1-3,5-6,11,13-14H,4,7-9H2/t11-,12-/m0/s1. The molecule has 1 aromatic carbocycles. The predicted molar refractivity (Wildman–Crippen MR) is 62.9 cm³/mol. The molecule has 0 bridgehead atoms. The summed E-state index contributed by atoms with van der Waals surface area (Å²) in [5.74, 6) is 1.72. The van der Waals surface area contributed by atoms with Crippen LogP contribution in [-0.4, -0.2) is 27.3 Å². The number of hydrogen-bond donors (Lipinski definition) is 2. The first kappa shape index (κ1) is 11.0. The summed E-state index contributed by atoms with van der Waals surface area (Å²) < 4.78 is 0. The van der Waals surface area contributed by atoms with Crippen LogP contribution in [0.1, 0.15) is 24.5 Å². The van der Waals surface area contributed by atoms with Gasteiger partial charge in [-0.3, -0.25) is 0 Å². The smallest absolute Gasteiger partial charge is 0.108 e. The number of aliphatic hydroxyl groups is 2. The second-order valence-electron chi connectivity index (χ2n) is 4.07. The molecule has 2 nitrogen and oxygen atoms in total. The summed E-state index contributed by atoms with van der Waals surface area (Å²) in [5.41, 5.74) is -0.132. The third-order valence-corrected chi connectivity index (χ3v) is 4.16. The van der Waals surface area contributed by atoms with Crippen molar-refractivity contribution in [2.75, 3.05) is 11.5 Å². The topological polar surface area (TPSA) is 40.5 Å². The van der Waals surface area contributed by atoms with Gasteiger partial charge in [0.25, 0.3) is 0 Å². The molecule has 0 radical (unpaired) electrons. The van der Waals surface area contributed by atoms with Crippen LogP contribution in [0.5, 0.6) is 0 Å². The quantitative estimate of drug-likeness (QED) is 0.807. The molecule has 1 aliphatic rings. The van der Waals surface area contributed by atoms with Crippen LogP contribution in [0.25, 0.3) is 0 Å². The highest BCUT2D eigenvalue weighted by molar-refractivity contribution is 7.99. The SMILES string of the molecule is O[C@@H](c1ccccc1)[C@]1(O)CCCSC1. The van der Waals surface area contributed by atoms with Crippen LogP contribution in [0.15, 0.2) is 30.3 Å². The molecule has 3 heteroatoms. The van der Waals surface area contributed by atoms with E-state index in [0.717, 1.165) is 17.7 Å². The van der Waals surface area contributed by atoms with Gasteiger partial charge in [-0.2, -0.15) is 11.8 Å². The van der Waals surface area contributed by atoms with Crippen LogP contribution in [0.2, 0.25) is 0 Å². The largest absolute Gasteiger partial charge is 0.386 e. The molecule has 1 aromatic rings. The van der Waals surface area contributed by atoms with Gasteiger partial charge < -0.3 is 10.2 Å². The van der Waals surface area contributed by atoms with Crippen LogP contribution in [0.3, 0.4) is 0 Å². The van der Waals surface area contributed by atoms with Gasteiger partial charge in [-0.25, -0.2) is 0 Å². The average molecular weight is 224 g/mol. The van der Waals surface area contributed by atoms with Gasteiger partial charge in [-0.15, -0.1) is 0 Å². The van der Waals surface area contributed by atoms with Crippen LogP contribution in [0.4, 0.5) is 0 Å². The van der Waals surface area contributed by atoms with Gasteiger partial charge in [-0.1, -0.05) is 30.3 Å². The first-order chi connectivity index (χ1) is 7.22. The normalized spacial score (nSPS) is 28.7. The third-order valence-electron chi connectivity index (χ3n) is 2.87. The molecule has 0 saturated carbocycles. The van der Waals surface area contributed by atoms with Gasteiger partial charge >= 0.3 is 0 Å². The number of benzene rings is 1. The summed E-state index contributed by atoms with van der Waals surface area (Å²) in [6, 6.07) is 9.41. The van der Waals surface area contributed by atoms with Gasteiger partial charge in [0.2, 0.25) is 0 Å². The highest BCUT2D eigenvalue weighted by atomic mass is 32.2. The molecule has 0 amide bonds. The molecule has 1 fully saturated rings. The second kappa shape index (κ2) is 4.56. The van der Waals surface area contributed by atoms with Gasteiger partial charge in [0.1, 0.15) is 11.7 Å². The molecule has 2 N–H and O–H groups in total. The fraction of sp³-hybridized carbons (Fsp3) is 0.500. The van der Waals surface area contributed by atoms with Crippen LogP contribution < -0.4 is 0 Å². The Hall–Kier alpha value is -0.510. The lowest BCUT2D eigenvalue weighted by Gasteiger charge is -2.36. The maximum atomic E-state index is 10.3. The van der Waals surface area contributed by atoms with Gasteiger partial charge in [-0.05, 0) is 24.2 Å². The lowest BCUT2D eigenvalue weighted by atomic mass is 9.88. The number of hydrogen-bond acceptors (Lipinski definition) is 3. The van der Waals surface area contributed by atoms with E-state index < -0.39 is 11.7 Å². The molecule has 0 spiro atoms. The lowest BCUT2D eigenvalue weighted by molar-refractivity contribution is -0.0672. The Kier molecular flexibility index (Phi) is 3.34. The minimum absolute atomic E-state index is 0.628. The van der Waals surface area contributed by atoms with Crippen LogP contribution in [-0.2, 0) is 0 Å². The van der Waals surface area contributed by atoms with E-state index in [-0.39, 0.29) is 0 Å². The number of aliphatic hydroxyl groups excluding tert-OH is 1. The van der Waals surface area contributed by atoms with Crippen molar-refractivity contribution in [2.45, 2.75) is 24.5 Å². The summed E-state index contributed by atoms with van der Waals surface area (Å²) in [6.45, 7) is 0. The first-order valence-corrected chi connectivity index (χ1v) is 6.41. The van der Waals surface area contributed by atoms with E-state index in [1.54, 1.807) is 11.8 Å². The van der Waals surface area contributed by atoms with Crippen molar-refractivity contribution in [1.82, 2.24) is 0 Å². The zero-order valence-electron chi connectivity index (χ0n) is 8.60. The van der Waals surface area contributed by atoms with Crippen molar-refractivity contribution in [2.24, 2.45) is 0 Å². The van der Waals surface area contributed by atoms with Gasteiger partial charge in [0.05, 0.1) is 0 Å². The molecule has 2 atom stereocenters. The van der Waals surface area contributed by atoms with E-state index in [4.69, 9.17) is 0 Å². The summed E-state index contributed by atoms with van der Waals surface area (Å²) in [5, 5.41) is 20.5. The zero-order valence-corrected chi connectivity index (χ0v) is 9.41. The van der Waals surface area contributed by atoms with E-state index >= 15 is 0 Å². The molecular weight excluding hydrogens is 208 g/mol. The van der Waals surface area contributed by atoms with Crippen molar-refractivity contribution in [3.8, 4) is 0 Å². The Balaban J connectivity index is 2.16. The molecular formula is C12H16O2S. The number of rotatable bonds is 2. The minimum Gasteiger partial charge on any atom is -0.386 e. The van der Waals surface area contributed by atoms with E-state index in [1.807, 2.05) is 30.3 Å². The summed E-state index contributed by atoms with van der Waals surface area (Å²) in [4.78, 5) is 0. The molecule has 0 unspecified atom stereocenters. The third kappa shape index (κ3) is 2.36. The van der Waals surface area contributed by atoms with Gasteiger partial charge in [0.15, 0.2) is 0 Å². The van der Waals surface area contributed by atoms with Crippen molar-refractivity contribution in [3.05, 3.63) is 35.9 Å². The molecule has 15 heavy (non-hydrogen) atoms. The fourth-order valence-electron chi connectivity index (χ4n) is 1.96. The fourth-order valence-corrected chi connectivity index (χ4v) is 3.11. The molecule has 1 heterocycles. The summed E-state index contributed by atoms with van der Waals surface area (Å²) in [6.07, 6.45) is 0.910. The second-order valence-corrected chi connectivity index (χ2v) is 5.18. The van der Waals surface area contributed by atoms with Gasteiger partial charge in [0, 0.05) is 5.75 Å². The van der Waals surface area contributed by atoms with Crippen molar-refractivity contribution < 1.29 is 10.2 Å². The first-order valence-electron chi connectivity index (χ1n) is 5.25. The Bertz CT molecular complexity index is 307. The zero-order chi connectivity index (χ0) is 10.7. The van der Waals surface area contributed by atoms with E-state index in [1.165, 1.54) is 0 Å². The maximum absolute atomic E-state index is 10.3. The van der Waals surface area contributed by atoms with E-state index in [9.17, 15) is 10.2 Å². The Morgan fingerprint density at radius 2 is 2.00 bits per heavy atom. The predicted octanol–water partition coefficient (Wildman–Crippen LogP) is 1.98. The van der Waals surface area contributed by atoms with Crippen LogP contribution >= 0.6 is 11.8 Å². The molecule has 1 saturated heterocycles. The van der Waals surface area contributed by atoms with Crippen molar-refractivity contribution >= 4 is 11.8 Å². The number of thioether (sulfide) groups is 1. The molecule has 1 aliphatic heterocycles. The Labute approximate surface area is 94.3 Å². The maximum Gasteiger partial charge on any atom is 0.108 e. The van der Waals surface area contributed by atoms with Crippen molar-refractivity contribution in [1.29, 1.82) is 0 Å². The van der Waals surface area contributed by atoms with E-state index in [2.05, 4.69) is 0 Å². The lowest BCUT2D eigenvalue weighted by Crippen LogP contribution is -2.41. The molecule has 0 aromatic heterocycles. The Morgan fingerprint density at radius 1 is 1.27 bits per heavy atom. The Morgan fingerprint density at radius 3 is 2.60 bits per heavy atom. The average Bonchev–Trinajstić information content (AvgIpc) is 2.30. The monoisotopic (exact) mass is 224 g/mol. The highest BCUT2D eigenvalue weighted by Gasteiger charge is 2.37.